The van der Waals surface area contributed by atoms with Crippen molar-refractivity contribution in [3.05, 3.63) is 23.7 Å². The maximum absolute atomic E-state index is 10.9. The Morgan fingerprint density at radius 3 is 2.75 bits per heavy atom. The van der Waals surface area contributed by atoms with Gasteiger partial charge >= 0.3 is 0 Å². The molecule has 1 aromatic heterocycles. The topological polar surface area (TPSA) is 33.5 Å². The summed E-state index contributed by atoms with van der Waals surface area (Å²) in [4.78, 5) is 12.5. The van der Waals surface area contributed by atoms with E-state index in [1.807, 2.05) is 13.0 Å². The molecular formula is C9H13NO2. The number of amides is 1. The summed E-state index contributed by atoms with van der Waals surface area (Å²) in [6, 6.07) is 1.89. The molecule has 3 nitrogen and oxygen atoms in total. The van der Waals surface area contributed by atoms with Gasteiger partial charge in [-0.15, -0.1) is 0 Å². The van der Waals surface area contributed by atoms with Crippen molar-refractivity contribution >= 4 is 5.91 Å². The van der Waals surface area contributed by atoms with Crippen LogP contribution in [0.5, 0.6) is 0 Å². The SMILES string of the molecule is CC(=O)N(C)Cc1occc1C. The fourth-order valence-electron chi connectivity index (χ4n) is 0.893. The first kappa shape index (κ1) is 8.84. The second-order valence-electron chi connectivity index (χ2n) is 2.90. The lowest BCUT2D eigenvalue weighted by molar-refractivity contribution is -0.128. The van der Waals surface area contributed by atoms with Crippen LogP contribution in [0.4, 0.5) is 0 Å². The number of hydrogen-bond donors (Lipinski definition) is 0. The molecule has 0 fully saturated rings. The summed E-state index contributed by atoms with van der Waals surface area (Å²) in [6.07, 6.45) is 1.64. The highest BCUT2D eigenvalue weighted by Crippen LogP contribution is 2.10. The van der Waals surface area contributed by atoms with E-state index in [4.69, 9.17) is 4.42 Å². The van der Waals surface area contributed by atoms with Crippen LogP contribution in [0.1, 0.15) is 18.2 Å². The van der Waals surface area contributed by atoms with E-state index in [9.17, 15) is 4.79 Å². The smallest absolute Gasteiger partial charge is 0.219 e. The van der Waals surface area contributed by atoms with Crippen molar-refractivity contribution in [1.82, 2.24) is 4.90 Å². The van der Waals surface area contributed by atoms with E-state index in [1.54, 1.807) is 18.2 Å². The van der Waals surface area contributed by atoms with Crippen LogP contribution in [0.15, 0.2) is 16.7 Å². The summed E-state index contributed by atoms with van der Waals surface area (Å²) in [7, 11) is 1.75. The Hall–Kier alpha value is -1.25. The third-order valence-electron chi connectivity index (χ3n) is 1.89. The van der Waals surface area contributed by atoms with Crippen molar-refractivity contribution in [2.75, 3.05) is 7.05 Å². The molecule has 1 heterocycles. The molecule has 0 aliphatic rings. The summed E-state index contributed by atoms with van der Waals surface area (Å²) in [5, 5.41) is 0. The summed E-state index contributed by atoms with van der Waals surface area (Å²) in [5.41, 5.74) is 1.09. The maximum atomic E-state index is 10.9. The molecule has 0 aliphatic carbocycles. The first-order chi connectivity index (χ1) is 5.61. The lowest BCUT2D eigenvalue weighted by Crippen LogP contribution is -2.23. The van der Waals surface area contributed by atoms with Crippen molar-refractivity contribution in [2.45, 2.75) is 20.4 Å². The number of nitrogens with zero attached hydrogens (tertiary/aromatic N) is 1. The fraction of sp³-hybridized carbons (Fsp3) is 0.444. The third-order valence-corrected chi connectivity index (χ3v) is 1.89. The van der Waals surface area contributed by atoms with Gasteiger partial charge in [0.05, 0.1) is 12.8 Å². The lowest BCUT2D eigenvalue weighted by Gasteiger charge is -2.12. The molecule has 1 aromatic rings. The summed E-state index contributed by atoms with van der Waals surface area (Å²) < 4.78 is 5.19. The minimum Gasteiger partial charge on any atom is -0.467 e. The largest absolute Gasteiger partial charge is 0.467 e. The highest BCUT2D eigenvalue weighted by molar-refractivity contribution is 5.72. The minimum absolute atomic E-state index is 0.0470. The van der Waals surface area contributed by atoms with Crippen LogP contribution in [-0.4, -0.2) is 17.9 Å². The Morgan fingerprint density at radius 2 is 2.33 bits per heavy atom. The van der Waals surface area contributed by atoms with Crippen molar-refractivity contribution in [3.63, 3.8) is 0 Å². The van der Waals surface area contributed by atoms with Crippen LogP contribution < -0.4 is 0 Å². The van der Waals surface area contributed by atoms with Crippen LogP contribution in [0, 0.1) is 6.92 Å². The molecule has 12 heavy (non-hydrogen) atoms. The fourth-order valence-corrected chi connectivity index (χ4v) is 0.893. The van der Waals surface area contributed by atoms with Gasteiger partial charge in [-0.2, -0.15) is 0 Å². The number of furan rings is 1. The van der Waals surface area contributed by atoms with Crippen molar-refractivity contribution in [2.24, 2.45) is 0 Å². The van der Waals surface area contributed by atoms with E-state index >= 15 is 0 Å². The predicted octanol–water partition coefficient (Wildman–Crippen LogP) is 1.57. The van der Waals surface area contributed by atoms with Crippen LogP contribution >= 0.6 is 0 Å². The quantitative estimate of drug-likeness (QED) is 0.669. The standard InChI is InChI=1S/C9H13NO2/c1-7-4-5-12-9(7)6-10(3)8(2)11/h4-5H,6H2,1-3H3. The van der Waals surface area contributed by atoms with E-state index in [0.717, 1.165) is 11.3 Å². The molecule has 0 unspecified atom stereocenters. The number of rotatable bonds is 2. The molecule has 3 heteroatoms. The molecular weight excluding hydrogens is 154 g/mol. The molecule has 66 valence electrons. The Kier molecular flexibility index (Phi) is 2.53. The molecule has 1 rings (SSSR count). The maximum Gasteiger partial charge on any atom is 0.219 e. The Balaban J connectivity index is 2.64. The highest BCUT2D eigenvalue weighted by Gasteiger charge is 2.07. The van der Waals surface area contributed by atoms with Gasteiger partial charge in [-0.3, -0.25) is 4.79 Å². The van der Waals surface area contributed by atoms with E-state index in [1.165, 1.54) is 6.92 Å². The van der Waals surface area contributed by atoms with Gasteiger partial charge in [-0.05, 0) is 18.6 Å². The second-order valence-corrected chi connectivity index (χ2v) is 2.90. The minimum atomic E-state index is 0.0470. The van der Waals surface area contributed by atoms with E-state index in [0.29, 0.717) is 6.54 Å². The average Bonchev–Trinajstić information content (AvgIpc) is 2.36. The molecule has 0 atom stereocenters. The molecule has 0 radical (unpaired) electrons. The third kappa shape index (κ3) is 1.87. The molecule has 0 N–H and O–H groups in total. The van der Waals surface area contributed by atoms with Gasteiger partial charge in [0.1, 0.15) is 5.76 Å². The van der Waals surface area contributed by atoms with Gasteiger partial charge in [-0.1, -0.05) is 0 Å². The zero-order valence-corrected chi connectivity index (χ0v) is 7.63. The van der Waals surface area contributed by atoms with Crippen molar-refractivity contribution in [1.29, 1.82) is 0 Å². The molecule has 0 saturated carbocycles. The molecule has 0 bridgehead atoms. The lowest BCUT2D eigenvalue weighted by atomic mass is 10.3. The normalized spacial score (nSPS) is 9.92. The number of hydrogen-bond acceptors (Lipinski definition) is 2. The number of carbonyl (C=O) groups is 1. The molecule has 0 aliphatic heterocycles. The van der Waals surface area contributed by atoms with Gasteiger partial charge in [-0.25, -0.2) is 0 Å². The van der Waals surface area contributed by atoms with Crippen LogP contribution in [0.25, 0.3) is 0 Å². The molecule has 0 aromatic carbocycles. The highest BCUT2D eigenvalue weighted by atomic mass is 16.3. The number of aryl methyl sites for hydroxylation is 1. The summed E-state index contributed by atoms with van der Waals surface area (Å²) in [6.45, 7) is 4.05. The Labute approximate surface area is 72.0 Å². The first-order valence-electron chi connectivity index (χ1n) is 3.86. The predicted molar refractivity (Wildman–Crippen MR) is 45.6 cm³/mol. The van der Waals surface area contributed by atoms with E-state index in [2.05, 4.69) is 0 Å². The first-order valence-corrected chi connectivity index (χ1v) is 3.86. The Morgan fingerprint density at radius 1 is 1.67 bits per heavy atom. The second kappa shape index (κ2) is 3.43. The van der Waals surface area contributed by atoms with E-state index < -0.39 is 0 Å². The summed E-state index contributed by atoms with van der Waals surface area (Å²) in [5.74, 6) is 0.901. The number of carbonyl (C=O) groups excluding carboxylic acids is 1. The van der Waals surface area contributed by atoms with Crippen molar-refractivity contribution in [3.8, 4) is 0 Å². The zero-order chi connectivity index (χ0) is 9.14. The van der Waals surface area contributed by atoms with Gasteiger partial charge < -0.3 is 9.32 Å². The van der Waals surface area contributed by atoms with Crippen LogP contribution in [0.2, 0.25) is 0 Å². The molecule has 0 saturated heterocycles. The molecule has 0 spiro atoms. The van der Waals surface area contributed by atoms with Gasteiger partial charge in [0, 0.05) is 14.0 Å². The van der Waals surface area contributed by atoms with Gasteiger partial charge in [0.2, 0.25) is 5.91 Å². The molecule has 1 amide bonds. The van der Waals surface area contributed by atoms with E-state index in [-0.39, 0.29) is 5.91 Å². The summed E-state index contributed by atoms with van der Waals surface area (Å²) >= 11 is 0. The van der Waals surface area contributed by atoms with Crippen molar-refractivity contribution < 1.29 is 9.21 Å². The van der Waals surface area contributed by atoms with Crippen LogP contribution in [-0.2, 0) is 11.3 Å². The van der Waals surface area contributed by atoms with Crippen LogP contribution in [0.3, 0.4) is 0 Å². The average molecular weight is 167 g/mol. The Bertz CT molecular complexity index is 278. The monoisotopic (exact) mass is 167 g/mol. The van der Waals surface area contributed by atoms with Gasteiger partial charge in [0.25, 0.3) is 0 Å². The van der Waals surface area contributed by atoms with Gasteiger partial charge in [0.15, 0.2) is 0 Å². The zero-order valence-electron chi connectivity index (χ0n) is 7.63.